The monoisotopic (exact) mass is 354 g/mol. The van der Waals surface area contributed by atoms with E-state index in [4.69, 9.17) is 4.55 Å². The minimum atomic E-state index is -4.49. The van der Waals surface area contributed by atoms with E-state index in [1.165, 1.54) is 44.9 Å². The Hall–Kier alpha value is -0.240. The summed E-state index contributed by atoms with van der Waals surface area (Å²) in [5, 5.41) is 0. The van der Waals surface area contributed by atoms with Crippen LogP contribution >= 0.6 is 0 Å². The van der Waals surface area contributed by atoms with Gasteiger partial charge in [-0.1, -0.05) is 71.3 Å². The molecule has 0 aromatic carbocycles. The van der Waals surface area contributed by atoms with Crippen LogP contribution in [0.15, 0.2) is 11.5 Å². The molecule has 0 aliphatic heterocycles. The lowest BCUT2D eigenvalue weighted by molar-refractivity contribution is 0.294. The summed E-state index contributed by atoms with van der Waals surface area (Å²) < 4.78 is 45.1. The number of unbranched alkanes of at least 4 members (excludes halogenated alkanes) is 9. The molecule has 0 radical (unpaired) electrons. The topological polar surface area (TPSA) is 80.7 Å². The Labute approximate surface area is 137 Å². The standard InChI is InChI=1S/C15H30O5S2/c1-3-4-5-6-7-8-9-10-11-12-13-21(16)15(2)14-20-22(17,18)19/h2-14H2,1H3,(H,17,18,19). The van der Waals surface area contributed by atoms with E-state index in [1.54, 1.807) is 0 Å². The third-order valence-corrected chi connectivity index (χ3v) is 5.21. The Morgan fingerprint density at radius 1 is 1.00 bits per heavy atom. The molecule has 0 aromatic rings. The van der Waals surface area contributed by atoms with Gasteiger partial charge < -0.3 is 0 Å². The van der Waals surface area contributed by atoms with Crippen LogP contribution in [0.5, 0.6) is 0 Å². The molecule has 0 spiro atoms. The molecule has 0 aliphatic rings. The Balaban J connectivity index is 3.47. The first-order chi connectivity index (χ1) is 10.4. The van der Waals surface area contributed by atoms with E-state index in [9.17, 15) is 12.6 Å². The van der Waals surface area contributed by atoms with Gasteiger partial charge in [0.1, 0.15) is 6.61 Å². The maximum absolute atomic E-state index is 11.8. The van der Waals surface area contributed by atoms with E-state index in [0.717, 1.165) is 19.3 Å². The van der Waals surface area contributed by atoms with Crippen molar-refractivity contribution in [1.82, 2.24) is 0 Å². The van der Waals surface area contributed by atoms with E-state index < -0.39 is 27.8 Å². The molecule has 22 heavy (non-hydrogen) atoms. The molecule has 0 bridgehead atoms. The predicted molar refractivity (Wildman–Crippen MR) is 91.5 cm³/mol. The molecule has 0 heterocycles. The summed E-state index contributed by atoms with van der Waals surface area (Å²) in [4.78, 5) is 0.188. The Morgan fingerprint density at radius 3 is 1.91 bits per heavy atom. The fourth-order valence-corrected chi connectivity index (χ4v) is 3.38. The summed E-state index contributed by atoms with van der Waals surface area (Å²) in [6.45, 7) is 5.31. The van der Waals surface area contributed by atoms with Gasteiger partial charge in [0.15, 0.2) is 0 Å². The van der Waals surface area contributed by atoms with Crippen LogP contribution in [0.4, 0.5) is 0 Å². The molecule has 0 saturated carbocycles. The molecule has 5 nitrogen and oxygen atoms in total. The molecule has 0 amide bonds. The fraction of sp³-hybridized carbons (Fsp3) is 0.867. The Morgan fingerprint density at radius 2 is 1.45 bits per heavy atom. The van der Waals surface area contributed by atoms with Crippen molar-refractivity contribution in [2.24, 2.45) is 0 Å². The average molecular weight is 355 g/mol. The summed E-state index contributed by atoms with van der Waals surface area (Å²) in [7, 11) is -5.80. The van der Waals surface area contributed by atoms with Crippen molar-refractivity contribution in [2.45, 2.75) is 71.1 Å². The quantitative estimate of drug-likeness (QED) is 0.355. The molecule has 1 atom stereocenters. The molecule has 0 aromatic heterocycles. The van der Waals surface area contributed by atoms with Gasteiger partial charge in [0.2, 0.25) is 0 Å². The third kappa shape index (κ3) is 14.7. The molecule has 0 rings (SSSR count). The summed E-state index contributed by atoms with van der Waals surface area (Å²) in [6.07, 6.45) is 12.0. The van der Waals surface area contributed by atoms with Crippen LogP contribution in [0.3, 0.4) is 0 Å². The smallest absolute Gasteiger partial charge is 0.264 e. The molecule has 0 fully saturated rings. The van der Waals surface area contributed by atoms with Gasteiger partial charge in [-0.25, -0.2) is 4.18 Å². The predicted octanol–water partition coefficient (Wildman–Crippen LogP) is 3.99. The second kappa shape index (κ2) is 13.2. The van der Waals surface area contributed by atoms with Crippen LogP contribution in [0.1, 0.15) is 71.1 Å². The van der Waals surface area contributed by atoms with Crippen molar-refractivity contribution in [2.75, 3.05) is 12.4 Å². The highest BCUT2D eigenvalue weighted by atomic mass is 32.3. The summed E-state index contributed by atoms with van der Waals surface area (Å²) in [5.41, 5.74) is 0. The maximum atomic E-state index is 11.8. The molecule has 1 unspecified atom stereocenters. The highest BCUT2D eigenvalue weighted by molar-refractivity contribution is 7.89. The molecule has 132 valence electrons. The van der Waals surface area contributed by atoms with Crippen LogP contribution in [0.2, 0.25) is 0 Å². The molecular formula is C15H30O5S2. The van der Waals surface area contributed by atoms with Crippen molar-refractivity contribution in [3.05, 3.63) is 11.5 Å². The van der Waals surface area contributed by atoms with Gasteiger partial charge in [-0.2, -0.15) is 8.42 Å². The average Bonchev–Trinajstić information content (AvgIpc) is 2.45. The molecular weight excluding hydrogens is 324 g/mol. The van der Waals surface area contributed by atoms with E-state index in [-0.39, 0.29) is 4.91 Å². The Bertz CT molecular complexity index is 418. The van der Waals surface area contributed by atoms with Gasteiger partial charge in [-0.15, -0.1) is 0 Å². The summed E-state index contributed by atoms with van der Waals surface area (Å²) >= 11 is 0. The van der Waals surface area contributed by atoms with Gasteiger partial charge in [-0.05, 0) is 6.42 Å². The second-order valence-electron chi connectivity index (χ2n) is 5.46. The second-order valence-corrected chi connectivity index (χ2v) is 8.23. The maximum Gasteiger partial charge on any atom is 0.397 e. The largest absolute Gasteiger partial charge is 0.397 e. The van der Waals surface area contributed by atoms with E-state index in [1.807, 2.05) is 0 Å². The van der Waals surface area contributed by atoms with Gasteiger partial charge in [0, 0.05) is 10.7 Å². The molecule has 0 aliphatic carbocycles. The summed E-state index contributed by atoms with van der Waals surface area (Å²) in [5.74, 6) is 0.462. The first-order valence-corrected chi connectivity index (χ1v) is 10.7. The van der Waals surface area contributed by atoms with Crippen LogP contribution < -0.4 is 0 Å². The van der Waals surface area contributed by atoms with Crippen LogP contribution in [-0.2, 0) is 25.4 Å². The lowest BCUT2D eigenvalue weighted by Gasteiger charge is -2.05. The van der Waals surface area contributed by atoms with Crippen molar-refractivity contribution in [3.63, 3.8) is 0 Å². The number of hydrogen-bond acceptors (Lipinski definition) is 4. The number of rotatable bonds is 15. The molecule has 1 N–H and O–H groups in total. The van der Waals surface area contributed by atoms with Crippen LogP contribution in [-0.4, -0.2) is 29.5 Å². The Kier molecular flexibility index (Phi) is 13.1. The van der Waals surface area contributed by atoms with Crippen LogP contribution in [0, 0.1) is 0 Å². The van der Waals surface area contributed by atoms with Crippen molar-refractivity contribution in [1.29, 1.82) is 0 Å². The zero-order valence-electron chi connectivity index (χ0n) is 13.6. The molecule has 7 heteroatoms. The van der Waals surface area contributed by atoms with E-state index in [2.05, 4.69) is 17.7 Å². The lowest BCUT2D eigenvalue weighted by Crippen LogP contribution is -2.10. The minimum Gasteiger partial charge on any atom is -0.264 e. The van der Waals surface area contributed by atoms with E-state index >= 15 is 0 Å². The number of hydrogen-bond donors (Lipinski definition) is 1. The van der Waals surface area contributed by atoms with Crippen LogP contribution in [0.25, 0.3) is 0 Å². The normalized spacial score (nSPS) is 13.2. The van der Waals surface area contributed by atoms with E-state index in [0.29, 0.717) is 5.75 Å². The van der Waals surface area contributed by atoms with Crippen molar-refractivity contribution in [3.8, 4) is 0 Å². The van der Waals surface area contributed by atoms with Crippen molar-refractivity contribution >= 4 is 21.2 Å². The van der Waals surface area contributed by atoms with Gasteiger partial charge in [0.05, 0.1) is 10.8 Å². The van der Waals surface area contributed by atoms with Gasteiger partial charge >= 0.3 is 10.4 Å². The summed E-state index contributed by atoms with van der Waals surface area (Å²) in [6, 6.07) is 0. The highest BCUT2D eigenvalue weighted by Gasteiger charge is 2.10. The highest BCUT2D eigenvalue weighted by Crippen LogP contribution is 2.11. The van der Waals surface area contributed by atoms with Crippen molar-refractivity contribution < 1.29 is 21.4 Å². The zero-order chi connectivity index (χ0) is 16.8. The first-order valence-electron chi connectivity index (χ1n) is 8.04. The minimum absolute atomic E-state index is 0.188. The van der Waals surface area contributed by atoms with Gasteiger partial charge in [-0.3, -0.25) is 8.76 Å². The lowest BCUT2D eigenvalue weighted by atomic mass is 10.1. The van der Waals surface area contributed by atoms with Gasteiger partial charge in [0.25, 0.3) is 0 Å². The third-order valence-electron chi connectivity index (χ3n) is 3.37. The fourth-order valence-electron chi connectivity index (χ4n) is 2.07. The molecule has 0 saturated heterocycles. The zero-order valence-corrected chi connectivity index (χ0v) is 15.2. The SMILES string of the molecule is C=C(COS(=O)(=O)O)S(=O)CCCCCCCCCCCC. The first kappa shape index (κ1) is 21.8.